The Morgan fingerprint density at radius 2 is 0.742 bits per heavy atom. The Balaban J connectivity index is -0.000000461. The van der Waals surface area contributed by atoms with Crippen molar-refractivity contribution in [3.8, 4) is 0 Å². The molecular formula is C18H16F9MnN2O. The van der Waals surface area contributed by atoms with E-state index in [0.29, 0.717) is 0 Å². The van der Waals surface area contributed by atoms with Crippen LogP contribution in [0.2, 0.25) is 0 Å². The summed E-state index contributed by atoms with van der Waals surface area (Å²) < 4.78 is 102. The minimum atomic E-state index is -6.98. The Morgan fingerprint density at radius 1 is 0.516 bits per heavy atom. The van der Waals surface area contributed by atoms with Gasteiger partial charge in [-0.3, -0.25) is 0 Å². The van der Waals surface area contributed by atoms with E-state index in [1.807, 2.05) is 36.4 Å². The van der Waals surface area contributed by atoms with Crippen LogP contribution in [0.15, 0.2) is 60.7 Å². The molecule has 0 unspecified atom stereocenters. The third kappa shape index (κ3) is 8.91. The summed E-state index contributed by atoms with van der Waals surface area (Å²) in [7, 11) is 0. The fraction of sp³-hybridized carbons (Fsp3) is 0.222. The van der Waals surface area contributed by atoms with Crippen LogP contribution < -0.4 is 5.11 Å². The van der Waals surface area contributed by atoms with E-state index in [4.69, 9.17) is 0 Å². The smallest absolute Gasteiger partial charge is 0.830 e. The van der Waals surface area contributed by atoms with Gasteiger partial charge in [-0.2, -0.15) is 39.5 Å². The summed E-state index contributed by atoms with van der Waals surface area (Å²) in [5.74, 6) is 0. The molecule has 4 N–H and O–H groups in total. The van der Waals surface area contributed by atoms with Crippen molar-refractivity contribution < 1.29 is 61.7 Å². The molecule has 0 heterocycles. The number of nitrogens with two attached hydrogens (primary N) is 2. The zero-order valence-electron chi connectivity index (χ0n) is 15.3. The molecule has 0 aliphatic heterocycles. The van der Waals surface area contributed by atoms with Crippen LogP contribution in [0.5, 0.6) is 0 Å². The van der Waals surface area contributed by atoms with Crippen molar-refractivity contribution in [2.45, 2.75) is 24.1 Å². The summed E-state index contributed by atoms with van der Waals surface area (Å²) in [5, 5.41) is 9.79. The summed E-state index contributed by atoms with van der Waals surface area (Å²) in [4.78, 5) is 0. The molecule has 2 rings (SSSR count). The third-order valence-electron chi connectivity index (χ3n) is 3.26. The second-order valence-electron chi connectivity index (χ2n) is 5.33. The fourth-order valence-corrected chi connectivity index (χ4v) is 1.80. The van der Waals surface area contributed by atoms with Gasteiger partial charge in [0.25, 0.3) is 0 Å². The molecule has 0 atom stereocenters. The van der Waals surface area contributed by atoms with Crippen LogP contribution in [-0.4, -0.2) is 24.1 Å². The van der Waals surface area contributed by atoms with Crippen molar-refractivity contribution in [2.24, 2.45) is 0 Å². The van der Waals surface area contributed by atoms with Crippen LogP contribution in [0.3, 0.4) is 0 Å². The standard InChI is InChI=1S/C14H12.C4F9O.Mn.2H2N/c1-3-7-13(8-4-1)11-12-14-9-5-2-6-10-14;5-2(6,7)1(14,3(8,9)10)4(11,12)13;;;/h1-12H;;;2*1H2/q;-1;+3;2*-1. The number of alkyl halides is 9. The normalized spacial score (nSPS) is 11.9. The Hall–Kier alpha value is -2.05. The van der Waals surface area contributed by atoms with Crippen LogP contribution >= 0.6 is 0 Å². The number of benzene rings is 2. The van der Waals surface area contributed by atoms with Crippen molar-refractivity contribution in [1.82, 2.24) is 0 Å². The predicted octanol–water partition coefficient (Wildman–Crippen LogP) is 7.06. The average molecular weight is 502 g/mol. The van der Waals surface area contributed by atoms with Crippen molar-refractivity contribution in [3.05, 3.63) is 84.1 Å². The molecule has 0 aliphatic rings. The Kier molecular flexibility index (Phi) is 13.8. The zero-order chi connectivity index (χ0) is 21.6. The summed E-state index contributed by atoms with van der Waals surface area (Å²) in [6, 6.07) is 20.6. The van der Waals surface area contributed by atoms with Crippen LogP contribution in [0, 0.1) is 0 Å². The van der Waals surface area contributed by atoms with Gasteiger partial charge in [0.05, 0.1) is 0 Å². The first-order chi connectivity index (χ1) is 12.7. The second-order valence-corrected chi connectivity index (χ2v) is 5.33. The van der Waals surface area contributed by atoms with Crippen LogP contribution in [0.4, 0.5) is 39.5 Å². The van der Waals surface area contributed by atoms with Crippen molar-refractivity contribution in [3.63, 3.8) is 0 Å². The summed E-state index contributed by atoms with van der Waals surface area (Å²) >= 11 is 0. The molecule has 0 bridgehead atoms. The first-order valence-corrected chi connectivity index (χ1v) is 7.39. The van der Waals surface area contributed by atoms with Crippen molar-refractivity contribution in [1.29, 1.82) is 0 Å². The molecule has 31 heavy (non-hydrogen) atoms. The predicted molar refractivity (Wildman–Crippen MR) is 93.3 cm³/mol. The molecule has 13 heteroatoms. The van der Waals surface area contributed by atoms with Gasteiger partial charge in [0.1, 0.15) is 0 Å². The van der Waals surface area contributed by atoms with Crippen LogP contribution in [-0.2, 0) is 17.1 Å². The summed E-state index contributed by atoms with van der Waals surface area (Å²) in [6.07, 6.45) is -16.7. The van der Waals surface area contributed by atoms with Crippen molar-refractivity contribution in [2.75, 3.05) is 0 Å². The summed E-state index contributed by atoms with van der Waals surface area (Å²) in [6.45, 7) is 0. The molecule has 0 fully saturated rings. The minimum Gasteiger partial charge on any atom is -0.830 e. The largest absolute Gasteiger partial charge is 3.00 e. The van der Waals surface area contributed by atoms with E-state index in [2.05, 4.69) is 36.4 Å². The van der Waals surface area contributed by atoms with E-state index < -0.39 is 24.1 Å². The van der Waals surface area contributed by atoms with Gasteiger partial charge in [0, 0.05) is 0 Å². The molecule has 0 aliphatic carbocycles. The molecule has 0 radical (unpaired) electrons. The van der Waals surface area contributed by atoms with Gasteiger partial charge in [-0.15, -0.1) is 0 Å². The van der Waals surface area contributed by atoms with Gasteiger partial charge in [0.15, 0.2) is 5.60 Å². The van der Waals surface area contributed by atoms with Gasteiger partial charge in [-0.05, 0) is 11.1 Å². The number of hydrogen-bond donors (Lipinski definition) is 0. The number of halogens is 9. The maximum atomic E-state index is 11.3. The van der Waals surface area contributed by atoms with Gasteiger partial charge >= 0.3 is 35.6 Å². The molecule has 3 nitrogen and oxygen atoms in total. The number of rotatable bonds is 2. The minimum absolute atomic E-state index is 0. The van der Waals surface area contributed by atoms with Gasteiger partial charge in [-0.1, -0.05) is 72.8 Å². The SMILES string of the molecule is C(=Cc1ccccc1)c1ccccc1.[Mn+3].[NH2-].[NH2-].[O-]C(C(F)(F)F)(C(F)(F)F)C(F)(F)F. The van der Waals surface area contributed by atoms with Crippen LogP contribution in [0.25, 0.3) is 24.5 Å². The van der Waals surface area contributed by atoms with E-state index in [9.17, 15) is 44.6 Å². The molecule has 0 amide bonds. The molecule has 0 saturated carbocycles. The van der Waals surface area contributed by atoms with E-state index in [0.717, 1.165) is 0 Å². The van der Waals surface area contributed by atoms with Crippen LogP contribution in [0.1, 0.15) is 11.1 Å². The fourth-order valence-electron chi connectivity index (χ4n) is 1.80. The Bertz CT molecular complexity index is 684. The van der Waals surface area contributed by atoms with E-state index >= 15 is 0 Å². The van der Waals surface area contributed by atoms with E-state index in [1.165, 1.54) is 11.1 Å². The third-order valence-corrected chi connectivity index (χ3v) is 3.26. The maximum Gasteiger partial charge on any atom is 3.00 e. The van der Waals surface area contributed by atoms with Gasteiger partial charge < -0.3 is 17.4 Å². The average Bonchev–Trinajstić information content (AvgIpc) is 2.59. The van der Waals surface area contributed by atoms with E-state index in [1.54, 1.807) is 0 Å². The quantitative estimate of drug-likeness (QED) is 0.246. The van der Waals surface area contributed by atoms with E-state index in [-0.39, 0.29) is 29.4 Å². The molecule has 174 valence electrons. The Labute approximate surface area is 182 Å². The first-order valence-electron chi connectivity index (χ1n) is 7.39. The monoisotopic (exact) mass is 502 g/mol. The zero-order valence-corrected chi connectivity index (χ0v) is 16.5. The number of hydrogen-bond acceptors (Lipinski definition) is 1. The first kappa shape index (κ1) is 33.6. The molecular weight excluding hydrogens is 486 g/mol. The molecule has 2 aromatic rings. The molecule has 0 aromatic heterocycles. The summed E-state index contributed by atoms with van der Waals surface area (Å²) in [5.41, 5.74) is -4.47. The topological polar surface area (TPSA) is 90.1 Å². The molecule has 0 spiro atoms. The van der Waals surface area contributed by atoms with Gasteiger partial charge in [0.2, 0.25) is 0 Å². The molecule has 2 aromatic carbocycles. The maximum absolute atomic E-state index is 11.3. The van der Waals surface area contributed by atoms with Crippen molar-refractivity contribution >= 4 is 12.2 Å². The second kappa shape index (κ2) is 12.7. The Morgan fingerprint density at radius 3 is 0.903 bits per heavy atom. The molecule has 0 saturated heterocycles. The van der Waals surface area contributed by atoms with Gasteiger partial charge in [-0.25, -0.2) is 0 Å².